The highest BCUT2D eigenvalue weighted by Crippen LogP contribution is 2.31. The summed E-state index contributed by atoms with van der Waals surface area (Å²) in [6.07, 6.45) is 4.23. The van der Waals surface area contributed by atoms with Gasteiger partial charge in [-0.05, 0) is 66.6 Å². The maximum atomic E-state index is 12.8. The third-order valence-corrected chi connectivity index (χ3v) is 7.10. The summed E-state index contributed by atoms with van der Waals surface area (Å²) in [5.41, 5.74) is 4.01. The zero-order valence-corrected chi connectivity index (χ0v) is 23.0. The second-order valence-corrected chi connectivity index (χ2v) is 9.99. The molecule has 0 unspecified atom stereocenters. The SMILES string of the molecule is C=CCc1ccc(OCCOc2cccc(/C=C3/C(=N)N4N=C(c5ccc(C)cc5)SC4=NC3=O)c2)c(OC)c1. The number of nitrogens with zero attached hydrogens (tertiary/aromatic N) is 3. The molecular formula is C31H28N4O4S. The van der Waals surface area contributed by atoms with Crippen LogP contribution < -0.4 is 14.2 Å². The van der Waals surface area contributed by atoms with Gasteiger partial charge in [-0.3, -0.25) is 10.2 Å². The van der Waals surface area contributed by atoms with E-state index in [0.29, 0.717) is 46.2 Å². The zero-order valence-electron chi connectivity index (χ0n) is 22.2. The van der Waals surface area contributed by atoms with Gasteiger partial charge < -0.3 is 14.2 Å². The van der Waals surface area contributed by atoms with Crippen LogP contribution in [-0.4, -0.2) is 47.3 Å². The van der Waals surface area contributed by atoms with E-state index in [9.17, 15) is 4.79 Å². The number of thioether (sulfide) groups is 1. The molecule has 9 heteroatoms. The maximum Gasteiger partial charge on any atom is 0.283 e. The largest absolute Gasteiger partial charge is 0.493 e. The topological polar surface area (TPSA) is 96.6 Å². The molecule has 3 aromatic rings. The minimum Gasteiger partial charge on any atom is -0.493 e. The molecule has 1 amide bonds. The summed E-state index contributed by atoms with van der Waals surface area (Å²) < 4.78 is 17.2. The molecule has 0 fully saturated rings. The molecular weight excluding hydrogens is 524 g/mol. The van der Waals surface area contributed by atoms with Crippen LogP contribution in [0.3, 0.4) is 0 Å². The number of ether oxygens (including phenoxy) is 3. The van der Waals surface area contributed by atoms with Crippen LogP contribution in [0.15, 0.2) is 95.1 Å². The van der Waals surface area contributed by atoms with Gasteiger partial charge in [0, 0.05) is 5.56 Å². The van der Waals surface area contributed by atoms with Crippen molar-refractivity contribution in [2.45, 2.75) is 13.3 Å². The number of hydrogen-bond acceptors (Lipinski definition) is 7. The standard InChI is InChI=1S/C31H28N4O4S/c1-4-6-21-11-14-26(27(19-21)37-3)39-16-15-38-24-8-5-7-22(17-24)18-25-28(32)35-31(33-29(25)36)40-30(34-35)23-12-9-20(2)10-13-23/h4-5,7-14,17-19,32H,1,6,15-16H2,2-3H3/b25-18-,32-28?. The number of allylic oxidation sites excluding steroid dienone is 1. The van der Waals surface area contributed by atoms with Crippen molar-refractivity contribution in [2.24, 2.45) is 10.1 Å². The van der Waals surface area contributed by atoms with Crippen LogP contribution in [0.5, 0.6) is 17.2 Å². The Morgan fingerprint density at radius 1 is 1.02 bits per heavy atom. The van der Waals surface area contributed by atoms with Crippen LogP contribution in [0.25, 0.3) is 6.08 Å². The first-order chi connectivity index (χ1) is 19.4. The average Bonchev–Trinajstić information content (AvgIpc) is 3.39. The van der Waals surface area contributed by atoms with Crippen LogP contribution in [0.4, 0.5) is 0 Å². The van der Waals surface area contributed by atoms with Crippen LogP contribution in [0.2, 0.25) is 0 Å². The molecule has 0 aromatic heterocycles. The summed E-state index contributed by atoms with van der Waals surface area (Å²) in [4.78, 5) is 17.0. The summed E-state index contributed by atoms with van der Waals surface area (Å²) in [5, 5.41) is 15.7. The predicted octanol–water partition coefficient (Wildman–Crippen LogP) is 5.86. The summed E-state index contributed by atoms with van der Waals surface area (Å²) in [6, 6.07) is 21.0. The molecule has 5 rings (SSSR count). The van der Waals surface area contributed by atoms with Gasteiger partial charge in [-0.25, -0.2) is 0 Å². The number of carbonyl (C=O) groups excluding carboxylic acids is 1. The van der Waals surface area contributed by atoms with E-state index in [4.69, 9.17) is 19.6 Å². The Bertz CT molecular complexity index is 1560. The second kappa shape index (κ2) is 12.0. The molecule has 3 aromatic carbocycles. The fraction of sp³-hybridized carbons (Fsp3) is 0.161. The van der Waals surface area contributed by atoms with E-state index >= 15 is 0 Å². The molecule has 0 aliphatic carbocycles. The Morgan fingerprint density at radius 2 is 1.82 bits per heavy atom. The Morgan fingerprint density at radius 3 is 2.60 bits per heavy atom. The van der Waals surface area contributed by atoms with Crippen LogP contribution >= 0.6 is 11.8 Å². The number of fused-ring (bicyclic) bond motifs is 1. The van der Waals surface area contributed by atoms with Gasteiger partial charge in [0.2, 0.25) is 5.17 Å². The van der Waals surface area contributed by atoms with Crippen molar-refractivity contribution < 1.29 is 19.0 Å². The Hall–Kier alpha value is -4.63. The van der Waals surface area contributed by atoms with Crippen molar-refractivity contribution >= 4 is 39.8 Å². The summed E-state index contributed by atoms with van der Waals surface area (Å²) in [6.45, 7) is 6.40. The number of methoxy groups -OCH3 is 1. The first kappa shape index (κ1) is 27.0. The second-order valence-electron chi connectivity index (χ2n) is 9.04. The van der Waals surface area contributed by atoms with E-state index in [1.54, 1.807) is 19.3 Å². The lowest BCUT2D eigenvalue weighted by molar-refractivity contribution is -0.114. The minimum atomic E-state index is -0.475. The van der Waals surface area contributed by atoms with Gasteiger partial charge in [-0.1, -0.05) is 54.1 Å². The minimum absolute atomic E-state index is 0.0163. The highest BCUT2D eigenvalue weighted by atomic mass is 32.2. The predicted molar refractivity (Wildman–Crippen MR) is 160 cm³/mol. The molecule has 0 saturated heterocycles. The molecule has 40 heavy (non-hydrogen) atoms. The van der Waals surface area contributed by atoms with Gasteiger partial charge in [-0.2, -0.15) is 15.1 Å². The number of nitrogens with one attached hydrogen (secondary N) is 1. The van der Waals surface area contributed by atoms with Crippen molar-refractivity contribution in [2.75, 3.05) is 20.3 Å². The molecule has 0 bridgehead atoms. The van der Waals surface area contributed by atoms with Gasteiger partial charge in [0.25, 0.3) is 5.91 Å². The van der Waals surface area contributed by atoms with Gasteiger partial charge >= 0.3 is 0 Å². The summed E-state index contributed by atoms with van der Waals surface area (Å²) in [7, 11) is 1.61. The van der Waals surface area contributed by atoms with Crippen molar-refractivity contribution in [3.8, 4) is 17.2 Å². The smallest absolute Gasteiger partial charge is 0.283 e. The summed E-state index contributed by atoms with van der Waals surface area (Å²) >= 11 is 1.28. The van der Waals surface area contributed by atoms with Gasteiger partial charge in [0.05, 0.1) is 12.7 Å². The monoisotopic (exact) mass is 552 g/mol. The number of amides is 1. The normalized spacial score (nSPS) is 15.4. The molecule has 2 aliphatic heterocycles. The van der Waals surface area contributed by atoms with E-state index < -0.39 is 5.91 Å². The van der Waals surface area contributed by atoms with Crippen LogP contribution in [0.1, 0.15) is 22.3 Å². The fourth-order valence-corrected chi connectivity index (χ4v) is 5.00. The molecule has 0 saturated carbocycles. The third-order valence-electron chi connectivity index (χ3n) is 6.14. The van der Waals surface area contributed by atoms with Gasteiger partial charge in [0.1, 0.15) is 24.0 Å². The quantitative estimate of drug-likeness (QED) is 0.192. The lowest BCUT2D eigenvalue weighted by Crippen LogP contribution is -2.35. The van der Waals surface area contributed by atoms with Crippen molar-refractivity contribution in [3.05, 3.63) is 107 Å². The Kier molecular flexibility index (Phi) is 8.12. The van der Waals surface area contributed by atoms with E-state index in [1.165, 1.54) is 16.8 Å². The molecule has 202 valence electrons. The molecule has 2 heterocycles. The van der Waals surface area contributed by atoms with Crippen molar-refractivity contribution in [3.63, 3.8) is 0 Å². The molecule has 0 spiro atoms. The molecule has 1 N–H and O–H groups in total. The molecule has 2 aliphatic rings. The number of hydrogen-bond donors (Lipinski definition) is 1. The first-order valence-electron chi connectivity index (χ1n) is 12.7. The van der Waals surface area contributed by atoms with E-state index in [0.717, 1.165) is 23.1 Å². The molecule has 0 atom stereocenters. The van der Waals surface area contributed by atoms with Gasteiger partial charge in [-0.15, -0.1) is 6.58 Å². The number of rotatable bonds is 10. The lowest BCUT2D eigenvalue weighted by atomic mass is 10.1. The molecule has 0 radical (unpaired) electrons. The van der Waals surface area contributed by atoms with E-state index in [1.807, 2.05) is 73.7 Å². The number of aliphatic imine (C=N–C) groups is 1. The maximum absolute atomic E-state index is 12.8. The lowest BCUT2D eigenvalue weighted by Gasteiger charge is -2.20. The molecule has 8 nitrogen and oxygen atoms in total. The van der Waals surface area contributed by atoms with Crippen molar-refractivity contribution in [1.29, 1.82) is 5.41 Å². The highest BCUT2D eigenvalue weighted by molar-refractivity contribution is 8.27. The van der Waals surface area contributed by atoms with Crippen LogP contribution in [-0.2, 0) is 11.2 Å². The first-order valence-corrected chi connectivity index (χ1v) is 13.5. The fourth-order valence-electron chi connectivity index (χ4n) is 4.10. The average molecular weight is 553 g/mol. The van der Waals surface area contributed by atoms with E-state index in [-0.39, 0.29) is 11.4 Å². The van der Waals surface area contributed by atoms with E-state index in [2.05, 4.69) is 16.7 Å². The zero-order chi connectivity index (χ0) is 28.1. The number of carbonyl (C=O) groups is 1. The number of benzene rings is 3. The number of hydrazone groups is 1. The van der Waals surface area contributed by atoms with Crippen molar-refractivity contribution in [1.82, 2.24) is 5.01 Å². The Balaban J connectivity index is 1.23. The highest BCUT2D eigenvalue weighted by Gasteiger charge is 2.36. The Labute approximate surface area is 237 Å². The third kappa shape index (κ3) is 6.00. The summed E-state index contributed by atoms with van der Waals surface area (Å²) in [5.74, 6) is 1.42. The number of aryl methyl sites for hydroxylation is 1. The van der Waals surface area contributed by atoms with Crippen LogP contribution in [0, 0.1) is 12.3 Å². The number of amidine groups is 2. The van der Waals surface area contributed by atoms with Gasteiger partial charge in [0.15, 0.2) is 17.3 Å².